The molecule has 0 N–H and O–H groups in total. The van der Waals surface area contributed by atoms with Crippen molar-refractivity contribution in [3.63, 3.8) is 0 Å². The first-order valence-corrected chi connectivity index (χ1v) is 4.75. The molecule has 0 saturated carbocycles. The van der Waals surface area contributed by atoms with Gasteiger partial charge in [0.15, 0.2) is 0 Å². The smallest absolute Gasteiger partial charge is 0.0279 e. The summed E-state index contributed by atoms with van der Waals surface area (Å²) in [6.45, 7) is 2.13. The molecule has 0 aliphatic heterocycles. The molecule has 1 aromatic carbocycles. The van der Waals surface area contributed by atoms with Gasteiger partial charge in [-0.15, -0.1) is 0 Å². The number of hydrogen-bond acceptors (Lipinski definition) is 0. The summed E-state index contributed by atoms with van der Waals surface area (Å²) >= 11 is 0. The van der Waals surface area contributed by atoms with E-state index in [0.717, 1.165) is 0 Å². The van der Waals surface area contributed by atoms with Crippen LogP contribution in [0.15, 0.2) is 30.3 Å². The van der Waals surface area contributed by atoms with Crippen LogP contribution in [0.4, 0.5) is 0 Å². The molecule has 0 heterocycles. The molecule has 1 aromatic rings. The molecular formula is C12H17. The monoisotopic (exact) mass is 161 g/mol. The number of rotatable bonds is 5. The van der Waals surface area contributed by atoms with Crippen LogP contribution in [0.3, 0.4) is 0 Å². The van der Waals surface area contributed by atoms with Crippen LogP contribution in [-0.4, -0.2) is 0 Å². The first kappa shape index (κ1) is 9.31. The van der Waals surface area contributed by atoms with Crippen molar-refractivity contribution in [2.24, 2.45) is 0 Å². The average Bonchev–Trinajstić information content (AvgIpc) is 2.14. The van der Waals surface area contributed by atoms with Crippen molar-refractivity contribution in [1.82, 2.24) is 0 Å². The highest BCUT2D eigenvalue weighted by atomic mass is 14.0. The Morgan fingerprint density at radius 3 is 2.50 bits per heavy atom. The lowest BCUT2D eigenvalue weighted by atomic mass is 10.1. The Morgan fingerprint density at radius 1 is 1.08 bits per heavy atom. The van der Waals surface area contributed by atoms with Crippen LogP contribution in [0.25, 0.3) is 0 Å². The van der Waals surface area contributed by atoms with Gasteiger partial charge in [-0.3, -0.25) is 0 Å². The number of aryl methyl sites for hydroxylation is 1. The molecule has 0 nitrogen and oxygen atoms in total. The summed E-state index contributed by atoms with van der Waals surface area (Å²) in [7, 11) is 0. The molecule has 0 aliphatic carbocycles. The predicted molar refractivity (Wildman–Crippen MR) is 54.0 cm³/mol. The van der Waals surface area contributed by atoms with Gasteiger partial charge in [-0.1, -0.05) is 50.1 Å². The molecule has 0 bridgehead atoms. The summed E-state index contributed by atoms with van der Waals surface area (Å²) in [5.74, 6) is 0. The number of benzene rings is 1. The molecule has 0 fully saturated rings. The fraction of sp³-hybridized carbons (Fsp3) is 0.417. The maximum atomic E-state index is 2.24. The molecule has 0 saturated heterocycles. The molecule has 0 aromatic heterocycles. The standard InChI is InChI=1S/C12H17/c1-2-3-4-6-9-12-10-7-5-8-11-12/h2,5,7-8,10-11H,3-4,6,9H2,1H3. The zero-order valence-electron chi connectivity index (χ0n) is 7.79. The van der Waals surface area contributed by atoms with Crippen molar-refractivity contribution in [2.45, 2.75) is 32.6 Å². The fourth-order valence-electron chi connectivity index (χ4n) is 1.32. The third-order valence-corrected chi connectivity index (χ3v) is 2.05. The van der Waals surface area contributed by atoms with Gasteiger partial charge in [0.05, 0.1) is 0 Å². The zero-order valence-corrected chi connectivity index (χ0v) is 7.79. The molecule has 0 spiro atoms. The molecule has 1 radical (unpaired) electrons. The van der Waals surface area contributed by atoms with Gasteiger partial charge < -0.3 is 0 Å². The summed E-state index contributed by atoms with van der Waals surface area (Å²) in [5.41, 5.74) is 1.47. The summed E-state index contributed by atoms with van der Waals surface area (Å²) in [6.07, 6.45) is 7.37. The van der Waals surface area contributed by atoms with E-state index in [2.05, 4.69) is 43.7 Å². The van der Waals surface area contributed by atoms with Crippen LogP contribution >= 0.6 is 0 Å². The minimum atomic E-state index is 1.23. The molecule has 0 amide bonds. The van der Waals surface area contributed by atoms with Crippen LogP contribution in [0.1, 0.15) is 31.7 Å². The highest BCUT2D eigenvalue weighted by molar-refractivity contribution is 5.14. The van der Waals surface area contributed by atoms with E-state index in [0.29, 0.717) is 0 Å². The maximum absolute atomic E-state index is 2.24. The van der Waals surface area contributed by atoms with E-state index >= 15 is 0 Å². The highest BCUT2D eigenvalue weighted by Gasteiger charge is 1.90. The van der Waals surface area contributed by atoms with Gasteiger partial charge >= 0.3 is 0 Å². The Hall–Kier alpha value is -0.780. The third kappa shape index (κ3) is 3.56. The highest BCUT2D eigenvalue weighted by Crippen LogP contribution is 2.06. The van der Waals surface area contributed by atoms with Crippen LogP contribution < -0.4 is 0 Å². The minimum Gasteiger partial charge on any atom is -0.0623 e. The SMILES string of the molecule is C[CH]CCCCc1ccccc1. The summed E-state index contributed by atoms with van der Waals surface area (Å²) in [6, 6.07) is 10.7. The van der Waals surface area contributed by atoms with Crippen LogP contribution in [-0.2, 0) is 6.42 Å². The van der Waals surface area contributed by atoms with Crippen molar-refractivity contribution in [3.05, 3.63) is 42.3 Å². The van der Waals surface area contributed by atoms with E-state index in [1.165, 1.54) is 31.2 Å². The predicted octanol–water partition coefficient (Wildman–Crippen LogP) is 3.62. The molecule has 0 aliphatic rings. The number of hydrogen-bond donors (Lipinski definition) is 0. The topological polar surface area (TPSA) is 0 Å². The quantitative estimate of drug-likeness (QED) is 0.578. The van der Waals surface area contributed by atoms with Crippen LogP contribution in [0, 0.1) is 6.42 Å². The van der Waals surface area contributed by atoms with Crippen LogP contribution in [0.5, 0.6) is 0 Å². The van der Waals surface area contributed by atoms with Gasteiger partial charge in [-0.2, -0.15) is 0 Å². The summed E-state index contributed by atoms with van der Waals surface area (Å²) in [5, 5.41) is 0. The normalized spacial score (nSPS) is 10.1. The van der Waals surface area contributed by atoms with Gasteiger partial charge in [0, 0.05) is 0 Å². The molecule has 65 valence electrons. The fourth-order valence-corrected chi connectivity index (χ4v) is 1.32. The Morgan fingerprint density at radius 2 is 1.83 bits per heavy atom. The van der Waals surface area contributed by atoms with Crippen molar-refractivity contribution in [3.8, 4) is 0 Å². The van der Waals surface area contributed by atoms with E-state index in [1.807, 2.05) is 0 Å². The molecule has 0 atom stereocenters. The van der Waals surface area contributed by atoms with Gasteiger partial charge in [-0.05, 0) is 24.8 Å². The lowest BCUT2D eigenvalue weighted by molar-refractivity contribution is 0.727. The Labute approximate surface area is 75.6 Å². The Bertz CT molecular complexity index is 188. The second kappa shape index (κ2) is 5.82. The molecule has 0 unspecified atom stereocenters. The third-order valence-electron chi connectivity index (χ3n) is 2.05. The second-order valence-electron chi connectivity index (χ2n) is 3.14. The lowest BCUT2D eigenvalue weighted by Crippen LogP contribution is -1.84. The summed E-state index contributed by atoms with van der Waals surface area (Å²) in [4.78, 5) is 0. The average molecular weight is 161 g/mol. The summed E-state index contributed by atoms with van der Waals surface area (Å²) < 4.78 is 0. The molecule has 1 rings (SSSR count). The van der Waals surface area contributed by atoms with Gasteiger partial charge in [-0.25, -0.2) is 0 Å². The van der Waals surface area contributed by atoms with E-state index < -0.39 is 0 Å². The van der Waals surface area contributed by atoms with Gasteiger partial charge in [0.1, 0.15) is 0 Å². The minimum absolute atomic E-state index is 1.23. The largest absolute Gasteiger partial charge is 0.0623 e. The molecule has 0 heteroatoms. The van der Waals surface area contributed by atoms with Gasteiger partial charge in [0.25, 0.3) is 0 Å². The van der Waals surface area contributed by atoms with Crippen molar-refractivity contribution in [2.75, 3.05) is 0 Å². The van der Waals surface area contributed by atoms with Crippen molar-refractivity contribution < 1.29 is 0 Å². The van der Waals surface area contributed by atoms with E-state index in [4.69, 9.17) is 0 Å². The van der Waals surface area contributed by atoms with E-state index in [1.54, 1.807) is 0 Å². The number of unbranched alkanes of at least 4 members (excludes halogenated alkanes) is 3. The van der Waals surface area contributed by atoms with Crippen molar-refractivity contribution in [1.29, 1.82) is 0 Å². The van der Waals surface area contributed by atoms with Crippen molar-refractivity contribution >= 4 is 0 Å². The first-order chi connectivity index (χ1) is 5.93. The lowest BCUT2D eigenvalue weighted by Gasteiger charge is -1.99. The van der Waals surface area contributed by atoms with Crippen LogP contribution in [0.2, 0.25) is 0 Å². The molecule has 12 heavy (non-hydrogen) atoms. The maximum Gasteiger partial charge on any atom is -0.0279 e. The second-order valence-corrected chi connectivity index (χ2v) is 3.14. The first-order valence-electron chi connectivity index (χ1n) is 4.75. The molecular weight excluding hydrogens is 144 g/mol. The van der Waals surface area contributed by atoms with Gasteiger partial charge in [0.2, 0.25) is 0 Å². The Kier molecular flexibility index (Phi) is 4.51. The van der Waals surface area contributed by atoms with E-state index in [-0.39, 0.29) is 0 Å². The Balaban J connectivity index is 2.16. The zero-order chi connectivity index (χ0) is 8.65. The van der Waals surface area contributed by atoms with E-state index in [9.17, 15) is 0 Å².